The Bertz CT molecular complexity index is 434. The van der Waals surface area contributed by atoms with Crippen LogP contribution < -0.4 is 11.1 Å². The van der Waals surface area contributed by atoms with Crippen LogP contribution in [-0.4, -0.2) is 24.4 Å². The first-order valence-electron chi connectivity index (χ1n) is 7.73. The van der Waals surface area contributed by atoms with Crippen molar-refractivity contribution in [2.75, 3.05) is 0 Å². The van der Waals surface area contributed by atoms with Crippen LogP contribution in [0.5, 0.6) is 0 Å². The highest BCUT2D eigenvalue weighted by Gasteiger charge is 2.40. The highest BCUT2D eigenvalue weighted by Crippen LogP contribution is 2.40. The molecule has 21 heavy (non-hydrogen) atoms. The third-order valence-electron chi connectivity index (χ3n) is 4.41. The van der Waals surface area contributed by atoms with E-state index in [1.54, 1.807) is 0 Å². The van der Waals surface area contributed by atoms with E-state index in [0.717, 1.165) is 12.0 Å². The molecule has 0 aliphatic heterocycles. The van der Waals surface area contributed by atoms with Crippen LogP contribution in [0.4, 0.5) is 8.78 Å². The van der Waals surface area contributed by atoms with E-state index in [4.69, 9.17) is 5.73 Å². The second-order valence-electron chi connectivity index (χ2n) is 6.06. The molecule has 5 heteroatoms. The first-order chi connectivity index (χ1) is 10.0. The van der Waals surface area contributed by atoms with Crippen LogP contribution in [0.15, 0.2) is 23.8 Å². The molecule has 0 spiro atoms. The van der Waals surface area contributed by atoms with E-state index in [9.17, 15) is 13.6 Å². The van der Waals surface area contributed by atoms with Crippen LogP contribution in [0.1, 0.15) is 39.0 Å². The molecule has 118 valence electrons. The fraction of sp³-hybridized carbons (Fsp3) is 0.688. The molecule has 0 aromatic carbocycles. The maximum Gasteiger partial charge on any atom is 0.247 e. The van der Waals surface area contributed by atoms with E-state index in [-0.39, 0.29) is 24.4 Å². The number of alkyl halides is 2. The monoisotopic (exact) mass is 298 g/mol. The molecule has 2 aliphatic rings. The summed E-state index contributed by atoms with van der Waals surface area (Å²) in [6.45, 7) is 1.90. The fourth-order valence-electron chi connectivity index (χ4n) is 2.88. The number of carbonyl (C=O) groups excluding carboxylic acids is 1. The van der Waals surface area contributed by atoms with Crippen molar-refractivity contribution in [2.24, 2.45) is 17.6 Å². The maximum absolute atomic E-state index is 12.3. The van der Waals surface area contributed by atoms with Crippen LogP contribution in [0.3, 0.4) is 0 Å². The summed E-state index contributed by atoms with van der Waals surface area (Å²) >= 11 is 0. The average molecular weight is 298 g/mol. The lowest BCUT2D eigenvalue weighted by Gasteiger charge is -2.21. The summed E-state index contributed by atoms with van der Waals surface area (Å²) in [7, 11) is 0. The van der Waals surface area contributed by atoms with Gasteiger partial charge in [0.1, 0.15) is 0 Å². The first kappa shape index (κ1) is 16.1. The minimum Gasteiger partial charge on any atom is -0.350 e. The molecule has 3 N–H and O–H groups in total. The molecule has 2 aliphatic carbocycles. The fourth-order valence-corrected chi connectivity index (χ4v) is 2.88. The second kappa shape index (κ2) is 7.16. The van der Waals surface area contributed by atoms with Gasteiger partial charge in [0, 0.05) is 24.1 Å². The van der Waals surface area contributed by atoms with Crippen LogP contribution in [-0.2, 0) is 4.79 Å². The Hall–Kier alpha value is -1.23. The minimum atomic E-state index is -2.31. The molecular formula is C16H24F2N2O. The van der Waals surface area contributed by atoms with Gasteiger partial charge in [-0.05, 0) is 37.5 Å². The van der Waals surface area contributed by atoms with Crippen LogP contribution >= 0.6 is 0 Å². The van der Waals surface area contributed by atoms with E-state index in [0.29, 0.717) is 31.1 Å². The Morgan fingerprint density at radius 3 is 2.76 bits per heavy atom. The van der Waals surface area contributed by atoms with Crippen molar-refractivity contribution in [2.45, 2.75) is 57.5 Å². The van der Waals surface area contributed by atoms with Crippen molar-refractivity contribution in [3.8, 4) is 0 Å². The van der Waals surface area contributed by atoms with Crippen molar-refractivity contribution in [3.05, 3.63) is 23.8 Å². The number of allylic oxidation sites excluding steroid dienone is 3. The van der Waals surface area contributed by atoms with Crippen molar-refractivity contribution in [1.82, 2.24) is 5.32 Å². The lowest BCUT2D eigenvalue weighted by Crippen LogP contribution is -2.36. The van der Waals surface area contributed by atoms with Gasteiger partial charge < -0.3 is 11.1 Å². The van der Waals surface area contributed by atoms with Gasteiger partial charge in [-0.25, -0.2) is 8.78 Å². The number of hydrogen-bond donors (Lipinski definition) is 2. The molecule has 0 bridgehead atoms. The predicted molar refractivity (Wildman–Crippen MR) is 78.9 cm³/mol. The van der Waals surface area contributed by atoms with E-state index in [1.807, 2.05) is 19.1 Å². The largest absolute Gasteiger partial charge is 0.350 e. The summed E-state index contributed by atoms with van der Waals surface area (Å²) in [5, 5.41) is 2.88. The van der Waals surface area contributed by atoms with Gasteiger partial charge in [-0.15, -0.1) is 0 Å². The molecule has 4 atom stereocenters. The first-order valence-corrected chi connectivity index (χ1v) is 7.73. The average Bonchev–Trinajstić information content (AvgIpc) is 3.20. The topological polar surface area (TPSA) is 55.1 Å². The normalized spacial score (nSPS) is 29.2. The molecule has 0 aromatic rings. The van der Waals surface area contributed by atoms with E-state index in [2.05, 4.69) is 11.4 Å². The highest BCUT2D eigenvalue weighted by molar-refractivity contribution is 5.94. The number of halogens is 2. The van der Waals surface area contributed by atoms with Crippen molar-refractivity contribution in [3.63, 3.8) is 0 Å². The summed E-state index contributed by atoms with van der Waals surface area (Å²) in [6.07, 6.45) is 6.07. The van der Waals surface area contributed by atoms with Gasteiger partial charge in [0.25, 0.3) is 0 Å². The van der Waals surface area contributed by atoms with Gasteiger partial charge in [0.15, 0.2) is 0 Å². The molecule has 0 heterocycles. The zero-order valence-corrected chi connectivity index (χ0v) is 12.4. The van der Waals surface area contributed by atoms with Crippen LogP contribution in [0, 0.1) is 11.8 Å². The van der Waals surface area contributed by atoms with Gasteiger partial charge in [0.2, 0.25) is 12.3 Å². The molecule has 4 unspecified atom stereocenters. The standard InChI is InChI=1S/C16H24F2N2O/c1-2-12(6-7-15(17)18)20-16(21)11-5-3-4-10(8-11)13-9-14(13)19/h3-5,10,12-15H,2,6-9,19H2,1H3,(H,20,21). The molecular weight excluding hydrogens is 274 g/mol. The van der Waals surface area contributed by atoms with Crippen molar-refractivity contribution >= 4 is 5.91 Å². The number of nitrogens with one attached hydrogen (secondary N) is 1. The molecule has 3 nitrogen and oxygen atoms in total. The molecule has 0 radical (unpaired) electrons. The van der Waals surface area contributed by atoms with Gasteiger partial charge >= 0.3 is 0 Å². The second-order valence-corrected chi connectivity index (χ2v) is 6.06. The molecule has 0 saturated heterocycles. The SMILES string of the molecule is CCC(CCC(F)F)NC(=O)C1=CC=CC(C2CC2N)C1. The van der Waals surface area contributed by atoms with Gasteiger partial charge in [-0.3, -0.25) is 4.79 Å². The van der Waals surface area contributed by atoms with Crippen molar-refractivity contribution in [1.29, 1.82) is 0 Å². The van der Waals surface area contributed by atoms with E-state index >= 15 is 0 Å². The predicted octanol–water partition coefficient (Wildman–Crippen LogP) is 2.78. The van der Waals surface area contributed by atoms with Crippen LogP contribution in [0.25, 0.3) is 0 Å². The lowest BCUT2D eigenvalue weighted by atomic mass is 9.89. The smallest absolute Gasteiger partial charge is 0.247 e. The molecule has 2 rings (SSSR count). The Kier molecular flexibility index (Phi) is 5.51. The number of carbonyl (C=O) groups is 1. The zero-order valence-electron chi connectivity index (χ0n) is 12.4. The number of rotatable bonds is 7. The Labute approximate surface area is 124 Å². The third kappa shape index (κ3) is 4.63. The summed E-state index contributed by atoms with van der Waals surface area (Å²) in [5.41, 5.74) is 6.60. The number of hydrogen-bond acceptors (Lipinski definition) is 2. The Balaban J connectivity index is 1.84. The number of amides is 1. The maximum atomic E-state index is 12.3. The van der Waals surface area contributed by atoms with Gasteiger partial charge in [-0.1, -0.05) is 25.2 Å². The zero-order chi connectivity index (χ0) is 15.4. The lowest BCUT2D eigenvalue weighted by molar-refractivity contribution is -0.118. The molecule has 1 fully saturated rings. The summed E-state index contributed by atoms with van der Waals surface area (Å²) < 4.78 is 24.5. The van der Waals surface area contributed by atoms with Gasteiger partial charge in [0.05, 0.1) is 0 Å². The Morgan fingerprint density at radius 1 is 1.48 bits per heavy atom. The van der Waals surface area contributed by atoms with Crippen molar-refractivity contribution < 1.29 is 13.6 Å². The highest BCUT2D eigenvalue weighted by atomic mass is 19.3. The van der Waals surface area contributed by atoms with E-state index in [1.165, 1.54) is 0 Å². The Morgan fingerprint density at radius 2 is 2.19 bits per heavy atom. The quantitative estimate of drug-likeness (QED) is 0.759. The van der Waals surface area contributed by atoms with Crippen LogP contribution in [0.2, 0.25) is 0 Å². The molecule has 0 aromatic heterocycles. The molecule has 1 saturated carbocycles. The minimum absolute atomic E-state index is 0.125. The molecule has 1 amide bonds. The summed E-state index contributed by atoms with van der Waals surface area (Å²) in [5.74, 6) is 0.699. The van der Waals surface area contributed by atoms with Gasteiger partial charge in [-0.2, -0.15) is 0 Å². The number of nitrogens with two attached hydrogens (primary N) is 1. The van der Waals surface area contributed by atoms with E-state index < -0.39 is 6.43 Å². The summed E-state index contributed by atoms with van der Waals surface area (Å²) in [4.78, 5) is 12.3. The third-order valence-corrected chi connectivity index (χ3v) is 4.41. The summed E-state index contributed by atoms with van der Waals surface area (Å²) in [6, 6.07) is 0.0800.